The van der Waals surface area contributed by atoms with Crippen molar-refractivity contribution in [3.8, 4) is 21.5 Å². The fraction of sp³-hybridized carbons (Fsp3) is 0.100. The Morgan fingerprint density at radius 3 is 2.60 bits per heavy atom. The van der Waals surface area contributed by atoms with E-state index in [1.54, 1.807) is 19.1 Å². The Kier molecular flexibility index (Phi) is 2.32. The number of aromatic nitrogens is 1. The number of aromatic hydroxyl groups is 2. The van der Waals surface area contributed by atoms with Gasteiger partial charge in [-0.2, -0.15) is 4.98 Å². The van der Waals surface area contributed by atoms with E-state index in [2.05, 4.69) is 4.98 Å². The van der Waals surface area contributed by atoms with Gasteiger partial charge in [-0.3, -0.25) is 0 Å². The highest BCUT2D eigenvalue weighted by atomic mass is 32.1. The van der Waals surface area contributed by atoms with Gasteiger partial charge in [-0.1, -0.05) is 17.4 Å². The number of aryl methyl sites for hydroxylation is 1. The molecular weight excluding hydrogens is 217 g/mol. The smallest absolute Gasteiger partial charge is 0.267 e. The summed E-state index contributed by atoms with van der Waals surface area (Å²) in [5.74, 6) is -0.876. The van der Waals surface area contributed by atoms with Crippen molar-refractivity contribution >= 4 is 11.3 Å². The summed E-state index contributed by atoms with van der Waals surface area (Å²) in [7, 11) is 0. The summed E-state index contributed by atoms with van der Waals surface area (Å²) in [5, 5.41) is 18.2. The zero-order chi connectivity index (χ0) is 11.0. The molecule has 0 spiro atoms. The second kappa shape index (κ2) is 3.51. The highest BCUT2D eigenvalue weighted by Gasteiger charge is 2.13. The van der Waals surface area contributed by atoms with Gasteiger partial charge in [0.15, 0.2) is 0 Å². The molecule has 0 atom stereocenters. The predicted molar refractivity (Wildman–Crippen MR) is 55.6 cm³/mol. The van der Waals surface area contributed by atoms with E-state index in [-0.39, 0.29) is 15.6 Å². The van der Waals surface area contributed by atoms with Crippen LogP contribution in [0.1, 0.15) is 5.56 Å². The first-order valence-corrected chi connectivity index (χ1v) is 5.05. The molecule has 0 saturated heterocycles. The zero-order valence-corrected chi connectivity index (χ0v) is 8.68. The van der Waals surface area contributed by atoms with Crippen LogP contribution in [0.5, 0.6) is 10.9 Å². The number of nitrogens with zero attached hydrogens (tertiary/aromatic N) is 1. The van der Waals surface area contributed by atoms with Crippen LogP contribution in [0.25, 0.3) is 10.6 Å². The lowest BCUT2D eigenvalue weighted by atomic mass is 10.1. The molecule has 0 unspecified atom stereocenters. The highest BCUT2D eigenvalue weighted by Crippen LogP contribution is 2.37. The van der Waals surface area contributed by atoms with E-state index in [0.29, 0.717) is 0 Å². The summed E-state index contributed by atoms with van der Waals surface area (Å²) < 4.78 is 13.5. The maximum absolute atomic E-state index is 13.5. The monoisotopic (exact) mass is 225 g/mol. The Morgan fingerprint density at radius 2 is 2.07 bits per heavy atom. The van der Waals surface area contributed by atoms with E-state index in [0.717, 1.165) is 16.9 Å². The molecule has 0 saturated carbocycles. The Bertz CT molecular complexity index is 491. The number of hydrogen-bond acceptors (Lipinski definition) is 4. The summed E-state index contributed by atoms with van der Waals surface area (Å²) >= 11 is 0.842. The van der Waals surface area contributed by atoms with Gasteiger partial charge in [-0.05, 0) is 24.6 Å². The molecule has 0 aliphatic rings. The molecule has 0 amide bonds. The molecule has 1 aromatic heterocycles. The third-order valence-corrected chi connectivity index (χ3v) is 2.83. The summed E-state index contributed by atoms with van der Waals surface area (Å²) in [6.45, 7) is 1.78. The fourth-order valence-electron chi connectivity index (χ4n) is 1.21. The molecule has 5 heteroatoms. The van der Waals surface area contributed by atoms with Crippen molar-refractivity contribution in [1.29, 1.82) is 0 Å². The quantitative estimate of drug-likeness (QED) is 0.784. The summed E-state index contributed by atoms with van der Waals surface area (Å²) in [5.41, 5.74) is 1.09. The topological polar surface area (TPSA) is 53.4 Å². The minimum atomic E-state index is -0.463. The van der Waals surface area contributed by atoms with E-state index in [9.17, 15) is 4.39 Å². The zero-order valence-electron chi connectivity index (χ0n) is 7.86. The van der Waals surface area contributed by atoms with Crippen LogP contribution in [-0.2, 0) is 0 Å². The maximum atomic E-state index is 13.5. The van der Waals surface area contributed by atoms with Crippen LogP contribution >= 0.6 is 11.3 Å². The molecule has 1 heterocycles. The first kappa shape index (κ1) is 9.92. The van der Waals surface area contributed by atoms with Crippen LogP contribution in [0.4, 0.5) is 4.39 Å². The molecular formula is C10H8FNO2S. The number of rotatable bonds is 1. The third-order valence-electron chi connectivity index (χ3n) is 1.95. The predicted octanol–water partition coefficient (Wildman–Crippen LogP) is 2.67. The molecule has 0 bridgehead atoms. The van der Waals surface area contributed by atoms with E-state index in [4.69, 9.17) is 10.2 Å². The van der Waals surface area contributed by atoms with Crippen molar-refractivity contribution in [2.24, 2.45) is 0 Å². The number of halogens is 1. The summed E-state index contributed by atoms with van der Waals surface area (Å²) in [4.78, 5) is 3.66. The van der Waals surface area contributed by atoms with E-state index in [1.165, 1.54) is 6.07 Å². The molecule has 2 aromatic rings. The molecule has 2 rings (SSSR count). The molecule has 15 heavy (non-hydrogen) atoms. The number of thiazole rings is 1. The van der Waals surface area contributed by atoms with Crippen molar-refractivity contribution in [3.63, 3.8) is 0 Å². The number of benzene rings is 1. The first-order valence-electron chi connectivity index (χ1n) is 4.23. The highest BCUT2D eigenvalue weighted by molar-refractivity contribution is 7.17. The van der Waals surface area contributed by atoms with Crippen LogP contribution in [0.15, 0.2) is 18.2 Å². The third kappa shape index (κ3) is 1.78. The second-order valence-electron chi connectivity index (χ2n) is 3.13. The van der Waals surface area contributed by atoms with Crippen molar-refractivity contribution < 1.29 is 14.6 Å². The Balaban J connectivity index is 2.54. The maximum Gasteiger partial charge on any atom is 0.267 e. The van der Waals surface area contributed by atoms with Crippen LogP contribution in [0.3, 0.4) is 0 Å². The molecule has 2 N–H and O–H groups in total. The molecule has 0 radical (unpaired) electrons. The van der Waals surface area contributed by atoms with Gasteiger partial charge >= 0.3 is 0 Å². The molecule has 0 aliphatic carbocycles. The minimum Gasteiger partial charge on any atom is -0.496 e. The van der Waals surface area contributed by atoms with Crippen molar-refractivity contribution in [2.45, 2.75) is 6.92 Å². The van der Waals surface area contributed by atoms with Gasteiger partial charge in [0.25, 0.3) is 5.88 Å². The summed E-state index contributed by atoms with van der Waals surface area (Å²) in [6, 6.07) is 4.70. The van der Waals surface area contributed by atoms with Crippen LogP contribution in [-0.4, -0.2) is 15.2 Å². The Hall–Kier alpha value is -1.62. The van der Waals surface area contributed by atoms with Crippen molar-refractivity contribution in [2.75, 3.05) is 0 Å². The van der Waals surface area contributed by atoms with Gasteiger partial charge in [-0.15, -0.1) is 0 Å². The van der Waals surface area contributed by atoms with Crippen LogP contribution < -0.4 is 0 Å². The van der Waals surface area contributed by atoms with Crippen LogP contribution in [0, 0.1) is 12.7 Å². The van der Waals surface area contributed by atoms with Crippen molar-refractivity contribution in [1.82, 2.24) is 4.98 Å². The largest absolute Gasteiger partial charge is 0.496 e. The number of hydrogen-bond donors (Lipinski definition) is 2. The lowest BCUT2D eigenvalue weighted by molar-refractivity contribution is 0.402. The average Bonchev–Trinajstić information content (AvgIpc) is 2.46. The molecule has 0 fully saturated rings. The van der Waals surface area contributed by atoms with Gasteiger partial charge in [-0.25, -0.2) is 4.39 Å². The van der Waals surface area contributed by atoms with Gasteiger partial charge < -0.3 is 10.2 Å². The van der Waals surface area contributed by atoms with Gasteiger partial charge in [0.05, 0.1) is 0 Å². The fourth-order valence-corrected chi connectivity index (χ4v) is 1.94. The van der Waals surface area contributed by atoms with Gasteiger partial charge in [0.1, 0.15) is 10.8 Å². The first-order chi connectivity index (χ1) is 7.08. The van der Waals surface area contributed by atoms with Gasteiger partial charge in [0, 0.05) is 5.56 Å². The SMILES string of the molecule is Cc1ccc(-c2nc(O)c(O)s2)c(F)c1. The molecule has 78 valence electrons. The average molecular weight is 225 g/mol. The Labute approximate surface area is 89.5 Å². The van der Waals surface area contributed by atoms with E-state index in [1.807, 2.05) is 0 Å². The normalized spacial score (nSPS) is 10.5. The summed E-state index contributed by atoms with van der Waals surface area (Å²) in [6.07, 6.45) is 0. The molecule has 1 aromatic carbocycles. The minimum absolute atomic E-state index is 0.266. The standard InChI is InChI=1S/C10H8FNO2S/c1-5-2-3-6(7(11)4-5)9-12-8(13)10(14)15-9/h2-4,13-14H,1H3. The van der Waals surface area contributed by atoms with Gasteiger partial charge in [0.2, 0.25) is 5.06 Å². The lowest BCUT2D eigenvalue weighted by Crippen LogP contribution is -1.84. The molecule has 0 aliphatic heterocycles. The Morgan fingerprint density at radius 1 is 1.33 bits per heavy atom. The van der Waals surface area contributed by atoms with E-state index < -0.39 is 11.7 Å². The lowest BCUT2D eigenvalue weighted by Gasteiger charge is -1.99. The van der Waals surface area contributed by atoms with Crippen LogP contribution in [0.2, 0.25) is 0 Å². The van der Waals surface area contributed by atoms with E-state index >= 15 is 0 Å². The van der Waals surface area contributed by atoms with Crippen molar-refractivity contribution in [3.05, 3.63) is 29.6 Å². The second-order valence-corrected chi connectivity index (χ2v) is 4.11. The molecule has 3 nitrogen and oxygen atoms in total.